The molecule has 0 atom stereocenters. The van der Waals surface area contributed by atoms with Crippen molar-refractivity contribution in [1.29, 1.82) is 0 Å². The lowest BCUT2D eigenvalue weighted by atomic mass is 10.2. The van der Waals surface area contributed by atoms with E-state index in [2.05, 4.69) is 10.3 Å². The van der Waals surface area contributed by atoms with Gasteiger partial charge in [0.25, 0.3) is 0 Å². The van der Waals surface area contributed by atoms with E-state index in [1.165, 1.54) is 0 Å². The maximum Gasteiger partial charge on any atom is 0.155 e. The first-order valence-electron chi connectivity index (χ1n) is 6.01. The fourth-order valence-electron chi connectivity index (χ4n) is 2.05. The van der Waals surface area contributed by atoms with E-state index in [1.54, 1.807) is 11.8 Å². The van der Waals surface area contributed by atoms with Crippen LogP contribution in [0.25, 0.3) is 16.7 Å². The maximum atomic E-state index is 5.60. The van der Waals surface area contributed by atoms with Crippen LogP contribution >= 0.6 is 0 Å². The molecule has 0 saturated carbocycles. The van der Waals surface area contributed by atoms with Gasteiger partial charge in [0.15, 0.2) is 5.52 Å². The Morgan fingerprint density at radius 2 is 1.95 bits per heavy atom. The lowest BCUT2D eigenvalue weighted by Gasteiger charge is -2.04. The van der Waals surface area contributed by atoms with Crippen LogP contribution in [0.1, 0.15) is 5.56 Å². The van der Waals surface area contributed by atoms with Gasteiger partial charge in [0.05, 0.1) is 18.3 Å². The lowest BCUT2D eigenvalue weighted by molar-refractivity contribution is 0.419. The summed E-state index contributed by atoms with van der Waals surface area (Å²) in [6.07, 6.45) is 0. The molecule has 0 aliphatic heterocycles. The number of nitrogens with zero attached hydrogens (tertiary/aromatic N) is 3. The average molecular weight is 254 g/mol. The average Bonchev–Trinajstić information content (AvgIpc) is 2.91. The van der Waals surface area contributed by atoms with E-state index in [1.807, 2.05) is 42.5 Å². The van der Waals surface area contributed by atoms with Gasteiger partial charge in [0, 0.05) is 6.54 Å². The summed E-state index contributed by atoms with van der Waals surface area (Å²) in [4.78, 5) is 0. The van der Waals surface area contributed by atoms with Gasteiger partial charge in [0.1, 0.15) is 5.75 Å². The number of ether oxygens (including phenoxy) is 1. The number of nitrogens with two attached hydrogens (primary N) is 1. The second kappa shape index (κ2) is 4.70. The minimum Gasteiger partial charge on any atom is -0.494 e. The van der Waals surface area contributed by atoms with Gasteiger partial charge in [-0.3, -0.25) is 0 Å². The van der Waals surface area contributed by atoms with Gasteiger partial charge < -0.3 is 10.5 Å². The van der Waals surface area contributed by atoms with Crippen molar-refractivity contribution in [2.24, 2.45) is 5.73 Å². The zero-order chi connectivity index (χ0) is 13.2. The number of fused-ring (bicyclic) bond motifs is 1. The summed E-state index contributed by atoms with van der Waals surface area (Å²) in [7, 11) is 1.63. The molecule has 1 aromatic heterocycles. The highest BCUT2D eigenvalue weighted by molar-refractivity contribution is 5.82. The molecule has 3 aromatic rings. The van der Waals surface area contributed by atoms with Crippen LogP contribution < -0.4 is 10.5 Å². The third-order valence-corrected chi connectivity index (χ3v) is 3.08. The Bertz CT molecular complexity index is 703. The molecule has 0 fully saturated rings. The molecule has 0 aliphatic carbocycles. The normalized spacial score (nSPS) is 10.8. The van der Waals surface area contributed by atoms with Crippen molar-refractivity contribution in [1.82, 2.24) is 15.0 Å². The highest BCUT2D eigenvalue weighted by atomic mass is 16.5. The summed E-state index contributed by atoms with van der Waals surface area (Å²) in [5.74, 6) is 0.724. The Hall–Kier alpha value is -2.40. The van der Waals surface area contributed by atoms with E-state index in [9.17, 15) is 0 Å². The van der Waals surface area contributed by atoms with Crippen molar-refractivity contribution in [3.8, 4) is 11.4 Å². The molecule has 2 aromatic carbocycles. The lowest BCUT2D eigenvalue weighted by Crippen LogP contribution is -1.99. The van der Waals surface area contributed by atoms with E-state index < -0.39 is 0 Å². The molecule has 96 valence electrons. The standard InChI is InChI=1S/C14H14N4O/c1-19-13-4-2-3-12-14(13)16-17-18(12)11-7-5-10(9-15)6-8-11/h2-8H,9,15H2,1H3. The summed E-state index contributed by atoms with van der Waals surface area (Å²) in [6, 6.07) is 13.7. The van der Waals surface area contributed by atoms with Crippen molar-refractivity contribution in [2.75, 3.05) is 7.11 Å². The molecule has 0 saturated heterocycles. The second-order valence-corrected chi connectivity index (χ2v) is 4.20. The minimum atomic E-state index is 0.534. The van der Waals surface area contributed by atoms with Crippen molar-refractivity contribution in [2.45, 2.75) is 6.54 Å². The second-order valence-electron chi connectivity index (χ2n) is 4.20. The molecular weight excluding hydrogens is 240 g/mol. The molecule has 5 heteroatoms. The molecule has 2 N–H and O–H groups in total. The van der Waals surface area contributed by atoms with Crippen LogP contribution in [-0.2, 0) is 6.54 Å². The summed E-state index contributed by atoms with van der Waals surface area (Å²) < 4.78 is 7.07. The van der Waals surface area contributed by atoms with Crippen molar-refractivity contribution in [3.63, 3.8) is 0 Å². The van der Waals surface area contributed by atoms with E-state index in [0.717, 1.165) is 28.0 Å². The molecule has 5 nitrogen and oxygen atoms in total. The maximum absolute atomic E-state index is 5.60. The van der Waals surface area contributed by atoms with Crippen LogP contribution in [0.15, 0.2) is 42.5 Å². The van der Waals surface area contributed by atoms with E-state index in [0.29, 0.717) is 6.54 Å². The van der Waals surface area contributed by atoms with Crippen LogP contribution in [0.5, 0.6) is 5.75 Å². The Morgan fingerprint density at radius 1 is 1.16 bits per heavy atom. The SMILES string of the molecule is COc1cccc2c1nnn2-c1ccc(CN)cc1. The number of hydrogen-bond acceptors (Lipinski definition) is 4. The summed E-state index contributed by atoms with van der Waals surface area (Å²) in [6.45, 7) is 0.534. The third-order valence-electron chi connectivity index (χ3n) is 3.08. The van der Waals surface area contributed by atoms with Gasteiger partial charge in [0.2, 0.25) is 0 Å². The van der Waals surface area contributed by atoms with E-state index in [-0.39, 0.29) is 0 Å². The molecule has 0 bridgehead atoms. The van der Waals surface area contributed by atoms with Crippen LogP contribution in [0, 0.1) is 0 Å². The molecule has 0 aliphatic rings. The predicted molar refractivity (Wildman–Crippen MR) is 73.3 cm³/mol. The first kappa shape index (κ1) is 11.7. The molecule has 0 spiro atoms. The Labute approximate surface area is 110 Å². The zero-order valence-electron chi connectivity index (χ0n) is 10.6. The van der Waals surface area contributed by atoms with Gasteiger partial charge in [-0.25, -0.2) is 4.68 Å². The Morgan fingerprint density at radius 3 is 2.63 bits per heavy atom. The Balaban J connectivity index is 2.14. The van der Waals surface area contributed by atoms with Crippen LogP contribution in [0.3, 0.4) is 0 Å². The smallest absolute Gasteiger partial charge is 0.155 e. The van der Waals surface area contributed by atoms with Gasteiger partial charge in [-0.05, 0) is 29.8 Å². The van der Waals surface area contributed by atoms with Crippen LogP contribution in [0.4, 0.5) is 0 Å². The minimum absolute atomic E-state index is 0.534. The molecule has 0 unspecified atom stereocenters. The fourth-order valence-corrected chi connectivity index (χ4v) is 2.05. The molecule has 1 heterocycles. The van der Waals surface area contributed by atoms with Crippen LogP contribution in [0.2, 0.25) is 0 Å². The van der Waals surface area contributed by atoms with E-state index in [4.69, 9.17) is 10.5 Å². The highest BCUT2D eigenvalue weighted by Gasteiger charge is 2.10. The van der Waals surface area contributed by atoms with Gasteiger partial charge in [-0.2, -0.15) is 0 Å². The molecular formula is C14H14N4O. The number of rotatable bonds is 3. The topological polar surface area (TPSA) is 66.0 Å². The molecule has 19 heavy (non-hydrogen) atoms. The monoisotopic (exact) mass is 254 g/mol. The van der Waals surface area contributed by atoms with E-state index >= 15 is 0 Å². The van der Waals surface area contributed by atoms with Crippen molar-refractivity contribution < 1.29 is 4.74 Å². The van der Waals surface area contributed by atoms with Gasteiger partial charge >= 0.3 is 0 Å². The summed E-state index contributed by atoms with van der Waals surface area (Å²) in [5, 5.41) is 8.36. The highest BCUT2D eigenvalue weighted by Crippen LogP contribution is 2.24. The number of aromatic nitrogens is 3. The third kappa shape index (κ3) is 1.94. The van der Waals surface area contributed by atoms with Crippen molar-refractivity contribution in [3.05, 3.63) is 48.0 Å². The summed E-state index contributed by atoms with van der Waals surface area (Å²) >= 11 is 0. The zero-order valence-corrected chi connectivity index (χ0v) is 10.6. The Kier molecular flexibility index (Phi) is 2.89. The predicted octanol–water partition coefficient (Wildman–Crippen LogP) is 1.89. The van der Waals surface area contributed by atoms with Crippen LogP contribution in [-0.4, -0.2) is 22.1 Å². The first-order valence-corrected chi connectivity index (χ1v) is 6.01. The number of hydrogen-bond donors (Lipinski definition) is 1. The molecule has 0 radical (unpaired) electrons. The quantitative estimate of drug-likeness (QED) is 0.775. The number of benzene rings is 2. The van der Waals surface area contributed by atoms with Gasteiger partial charge in [-0.1, -0.05) is 23.4 Å². The summed E-state index contributed by atoms with van der Waals surface area (Å²) in [5.41, 5.74) is 9.31. The first-order chi connectivity index (χ1) is 9.33. The van der Waals surface area contributed by atoms with Crippen molar-refractivity contribution >= 4 is 11.0 Å². The number of methoxy groups -OCH3 is 1. The largest absolute Gasteiger partial charge is 0.494 e. The fraction of sp³-hybridized carbons (Fsp3) is 0.143. The van der Waals surface area contributed by atoms with Gasteiger partial charge in [-0.15, -0.1) is 5.10 Å². The molecule has 0 amide bonds. The molecule has 3 rings (SSSR count).